The molecule has 1 saturated carbocycles. The van der Waals surface area contributed by atoms with Crippen LogP contribution in [0.1, 0.15) is 22.5 Å². The molecule has 1 fully saturated rings. The molecule has 1 amide bonds. The second-order valence-corrected chi connectivity index (χ2v) is 5.93. The quantitative estimate of drug-likeness (QED) is 0.894. The van der Waals surface area contributed by atoms with Crippen LogP contribution in [0.25, 0.3) is 10.1 Å². The van der Waals surface area contributed by atoms with Gasteiger partial charge < -0.3 is 11.1 Å². The molecule has 0 radical (unpaired) electrons. The van der Waals surface area contributed by atoms with Crippen LogP contribution in [0.2, 0.25) is 0 Å². The van der Waals surface area contributed by atoms with Gasteiger partial charge in [-0.15, -0.1) is 11.3 Å². The molecular formula is C13H11F3N2OS. The normalized spacial score (nSPS) is 17.1. The second-order valence-electron chi connectivity index (χ2n) is 4.88. The van der Waals surface area contributed by atoms with Crippen molar-refractivity contribution in [3.63, 3.8) is 0 Å². The number of nitrogens with one attached hydrogen (secondary N) is 1. The molecule has 0 aliphatic heterocycles. The summed E-state index contributed by atoms with van der Waals surface area (Å²) in [5, 5.41) is 2.79. The number of benzene rings is 1. The molecule has 1 aliphatic rings. The van der Waals surface area contributed by atoms with Gasteiger partial charge in [0.2, 0.25) is 0 Å². The number of carbonyl (C=O) groups excluding carboxylic acids is 1. The molecule has 2 aromatic rings. The Hall–Kier alpha value is -1.76. The fourth-order valence-electron chi connectivity index (χ4n) is 2.11. The Balaban J connectivity index is 1.92. The minimum absolute atomic E-state index is 0.0763. The largest absolute Gasteiger partial charge is 0.411 e. The van der Waals surface area contributed by atoms with Gasteiger partial charge in [0.1, 0.15) is 10.4 Å². The van der Waals surface area contributed by atoms with E-state index in [2.05, 4.69) is 5.32 Å². The zero-order chi connectivity index (χ0) is 14.5. The Morgan fingerprint density at radius 1 is 1.30 bits per heavy atom. The van der Waals surface area contributed by atoms with Crippen LogP contribution in [0, 0.1) is 0 Å². The third-order valence-corrected chi connectivity index (χ3v) is 4.67. The highest BCUT2D eigenvalue weighted by Gasteiger charge is 2.64. The van der Waals surface area contributed by atoms with Crippen molar-refractivity contribution in [2.24, 2.45) is 0 Å². The first-order valence-corrected chi connectivity index (χ1v) is 6.82. The van der Waals surface area contributed by atoms with Gasteiger partial charge in [0.15, 0.2) is 0 Å². The van der Waals surface area contributed by atoms with Gasteiger partial charge in [-0.3, -0.25) is 4.79 Å². The van der Waals surface area contributed by atoms with E-state index in [4.69, 9.17) is 5.73 Å². The van der Waals surface area contributed by atoms with Crippen molar-refractivity contribution in [2.75, 3.05) is 5.73 Å². The Bertz CT molecular complexity index is 688. The number of nitrogen functional groups attached to an aromatic ring is 1. The number of thiophene rings is 1. The van der Waals surface area contributed by atoms with Crippen molar-refractivity contribution in [3.05, 3.63) is 29.1 Å². The number of amides is 1. The van der Waals surface area contributed by atoms with Gasteiger partial charge in [0, 0.05) is 10.1 Å². The lowest BCUT2D eigenvalue weighted by atomic mass is 10.2. The van der Waals surface area contributed by atoms with Crippen molar-refractivity contribution in [3.8, 4) is 0 Å². The van der Waals surface area contributed by atoms with Gasteiger partial charge >= 0.3 is 6.18 Å². The summed E-state index contributed by atoms with van der Waals surface area (Å²) in [6.07, 6.45) is -4.58. The zero-order valence-corrected chi connectivity index (χ0v) is 11.1. The minimum atomic E-state index is -4.42. The smallest absolute Gasteiger partial charge is 0.397 e. The van der Waals surface area contributed by atoms with Crippen LogP contribution in [-0.2, 0) is 0 Å². The van der Waals surface area contributed by atoms with E-state index in [9.17, 15) is 18.0 Å². The maximum absolute atomic E-state index is 12.8. The highest BCUT2D eigenvalue weighted by molar-refractivity contribution is 7.21. The molecule has 3 rings (SSSR count). The fourth-order valence-corrected chi connectivity index (χ4v) is 3.13. The van der Waals surface area contributed by atoms with Crippen LogP contribution < -0.4 is 11.1 Å². The zero-order valence-electron chi connectivity index (χ0n) is 10.3. The van der Waals surface area contributed by atoms with Crippen molar-refractivity contribution in [1.29, 1.82) is 0 Å². The standard InChI is InChI=1S/C13H11F3N2OS/c14-13(15,16)12(5-6-12)18-11(19)10-9(17)7-3-1-2-4-8(7)20-10/h1-4H,5-6,17H2,(H,18,19). The molecule has 20 heavy (non-hydrogen) atoms. The lowest BCUT2D eigenvalue weighted by molar-refractivity contribution is -0.163. The maximum Gasteiger partial charge on any atom is 0.411 e. The van der Waals surface area contributed by atoms with E-state index in [0.29, 0.717) is 5.39 Å². The van der Waals surface area contributed by atoms with Gasteiger partial charge in [-0.2, -0.15) is 13.2 Å². The molecular weight excluding hydrogens is 289 g/mol. The first-order chi connectivity index (χ1) is 9.34. The van der Waals surface area contributed by atoms with E-state index in [0.717, 1.165) is 16.0 Å². The average Bonchev–Trinajstić information content (AvgIpc) is 3.09. The van der Waals surface area contributed by atoms with Gasteiger partial charge in [-0.05, 0) is 18.9 Å². The molecule has 0 unspecified atom stereocenters. The summed E-state index contributed by atoms with van der Waals surface area (Å²) in [6.45, 7) is 0. The number of alkyl halides is 3. The van der Waals surface area contributed by atoms with Gasteiger partial charge in [-0.1, -0.05) is 18.2 Å². The molecule has 3 nitrogen and oxygen atoms in total. The van der Waals surface area contributed by atoms with E-state index < -0.39 is 17.6 Å². The lowest BCUT2D eigenvalue weighted by Gasteiger charge is -2.20. The van der Waals surface area contributed by atoms with Gasteiger partial charge in [0.05, 0.1) is 5.69 Å². The Morgan fingerprint density at radius 3 is 2.50 bits per heavy atom. The maximum atomic E-state index is 12.8. The molecule has 0 spiro atoms. The number of fused-ring (bicyclic) bond motifs is 1. The molecule has 1 aromatic heterocycles. The molecule has 3 N–H and O–H groups in total. The summed E-state index contributed by atoms with van der Waals surface area (Å²) >= 11 is 1.11. The van der Waals surface area contributed by atoms with Crippen LogP contribution in [-0.4, -0.2) is 17.6 Å². The molecule has 0 bridgehead atoms. The molecule has 1 aliphatic carbocycles. The first kappa shape index (κ1) is 13.2. The van der Waals surface area contributed by atoms with Crippen molar-refractivity contribution >= 4 is 33.0 Å². The fraction of sp³-hybridized carbons (Fsp3) is 0.308. The van der Waals surface area contributed by atoms with Gasteiger partial charge in [0.25, 0.3) is 5.91 Å². The number of nitrogens with two attached hydrogens (primary N) is 1. The summed E-state index contributed by atoms with van der Waals surface area (Å²) in [5.74, 6) is -0.751. The molecule has 0 saturated heterocycles. The number of rotatable bonds is 2. The monoisotopic (exact) mass is 300 g/mol. The topological polar surface area (TPSA) is 55.1 Å². The average molecular weight is 300 g/mol. The highest BCUT2D eigenvalue weighted by Crippen LogP contribution is 2.49. The van der Waals surface area contributed by atoms with Crippen LogP contribution >= 0.6 is 11.3 Å². The Kier molecular flexibility index (Phi) is 2.72. The summed E-state index contributed by atoms with van der Waals surface area (Å²) in [6, 6.07) is 7.08. The lowest BCUT2D eigenvalue weighted by Crippen LogP contribution is -2.47. The SMILES string of the molecule is Nc1c(C(=O)NC2(C(F)(F)F)CC2)sc2ccccc12. The number of halogens is 3. The van der Waals surface area contributed by atoms with Crippen molar-refractivity contribution < 1.29 is 18.0 Å². The Morgan fingerprint density at radius 2 is 1.95 bits per heavy atom. The third-order valence-electron chi connectivity index (χ3n) is 3.49. The van der Waals surface area contributed by atoms with E-state index >= 15 is 0 Å². The first-order valence-electron chi connectivity index (χ1n) is 6.00. The van der Waals surface area contributed by atoms with Crippen LogP contribution in [0.3, 0.4) is 0 Å². The predicted molar refractivity (Wildman–Crippen MR) is 71.7 cm³/mol. The summed E-state index contributed by atoms with van der Waals surface area (Å²) in [4.78, 5) is 12.2. The van der Waals surface area contributed by atoms with Crippen LogP contribution in [0.5, 0.6) is 0 Å². The third kappa shape index (κ3) is 1.93. The number of anilines is 1. The van der Waals surface area contributed by atoms with E-state index in [1.165, 1.54) is 0 Å². The van der Waals surface area contributed by atoms with E-state index in [1.54, 1.807) is 24.3 Å². The molecule has 1 aromatic carbocycles. The van der Waals surface area contributed by atoms with Crippen molar-refractivity contribution in [2.45, 2.75) is 24.6 Å². The highest BCUT2D eigenvalue weighted by atomic mass is 32.1. The van der Waals surface area contributed by atoms with Crippen LogP contribution in [0.4, 0.5) is 18.9 Å². The van der Waals surface area contributed by atoms with Gasteiger partial charge in [-0.25, -0.2) is 0 Å². The second kappa shape index (κ2) is 4.12. The van der Waals surface area contributed by atoms with Crippen LogP contribution in [0.15, 0.2) is 24.3 Å². The predicted octanol–water partition coefficient (Wildman–Crippen LogP) is 3.31. The van der Waals surface area contributed by atoms with E-state index in [-0.39, 0.29) is 23.4 Å². The van der Waals surface area contributed by atoms with Crippen molar-refractivity contribution in [1.82, 2.24) is 5.32 Å². The molecule has 7 heteroatoms. The number of carbonyl (C=O) groups is 1. The Labute approximate surface area is 116 Å². The number of hydrogen-bond acceptors (Lipinski definition) is 3. The molecule has 1 heterocycles. The summed E-state index contributed by atoms with van der Waals surface area (Å²) in [5.41, 5.74) is 4.03. The summed E-state index contributed by atoms with van der Waals surface area (Å²) < 4.78 is 39.3. The molecule has 0 atom stereocenters. The van der Waals surface area contributed by atoms with E-state index in [1.807, 2.05) is 0 Å². The summed E-state index contributed by atoms with van der Waals surface area (Å²) in [7, 11) is 0. The molecule has 106 valence electrons. The minimum Gasteiger partial charge on any atom is -0.397 e. The number of hydrogen-bond donors (Lipinski definition) is 2.